The molecule has 0 aliphatic heterocycles. The van der Waals surface area contributed by atoms with E-state index in [9.17, 15) is 0 Å². The molecule has 0 saturated carbocycles. The summed E-state index contributed by atoms with van der Waals surface area (Å²) in [4.78, 5) is 0. The highest BCUT2D eigenvalue weighted by molar-refractivity contribution is 5.23. The van der Waals surface area contributed by atoms with Crippen LogP contribution in [0.3, 0.4) is 0 Å². The summed E-state index contributed by atoms with van der Waals surface area (Å²) in [5.74, 6) is 0. The van der Waals surface area contributed by atoms with Crippen molar-refractivity contribution in [3.05, 3.63) is 47.5 Å². The van der Waals surface area contributed by atoms with E-state index in [0.29, 0.717) is 6.04 Å². The van der Waals surface area contributed by atoms with E-state index < -0.39 is 0 Å². The van der Waals surface area contributed by atoms with E-state index in [0.717, 1.165) is 6.42 Å². The topological polar surface area (TPSA) is 12.0 Å². The molecule has 0 fully saturated rings. The highest BCUT2D eigenvalue weighted by Crippen LogP contribution is 2.09. The fraction of sp³-hybridized carbons (Fsp3) is 0.385. The number of nitrogens with one attached hydrogen (secondary N) is 1. The molecule has 76 valence electrons. The van der Waals surface area contributed by atoms with Crippen LogP contribution >= 0.6 is 0 Å². The van der Waals surface area contributed by atoms with Crippen LogP contribution < -0.4 is 5.32 Å². The molecule has 1 aromatic rings. The van der Waals surface area contributed by atoms with Gasteiger partial charge < -0.3 is 5.32 Å². The van der Waals surface area contributed by atoms with Crippen LogP contribution in [0.2, 0.25) is 0 Å². The van der Waals surface area contributed by atoms with Crippen LogP contribution in [0.1, 0.15) is 18.1 Å². The molecule has 0 spiro atoms. The average Bonchev–Trinajstić information content (AvgIpc) is 2.16. The second-order valence-corrected chi connectivity index (χ2v) is 3.88. The molecule has 0 aliphatic carbocycles. The van der Waals surface area contributed by atoms with Gasteiger partial charge in [0.2, 0.25) is 0 Å². The second-order valence-electron chi connectivity index (χ2n) is 3.88. The van der Waals surface area contributed by atoms with Crippen LogP contribution in [-0.2, 0) is 6.42 Å². The minimum Gasteiger partial charge on any atom is -0.313 e. The standard InChI is InChI=1S/C13H19N/c1-10(2)13(14-4)9-12-7-5-11(3)6-8-12/h5-8,13-14H,1,9H2,2-4H3/t13-/m0/s1. The first-order valence-electron chi connectivity index (χ1n) is 5.01. The third kappa shape index (κ3) is 3.00. The molecule has 1 aromatic carbocycles. The summed E-state index contributed by atoms with van der Waals surface area (Å²) < 4.78 is 0. The van der Waals surface area contributed by atoms with Gasteiger partial charge in [-0.05, 0) is 32.9 Å². The van der Waals surface area contributed by atoms with Crippen molar-refractivity contribution in [3.8, 4) is 0 Å². The van der Waals surface area contributed by atoms with Crippen LogP contribution in [0.15, 0.2) is 36.4 Å². The van der Waals surface area contributed by atoms with E-state index in [1.54, 1.807) is 0 Å². The molecule has 14 heavy (non-hydrogen) atoms. The maximum Gasteiger partial charge on any atom is 0.0311 e. The van der Waals surface area contributed by atoms with Gasteiger partial charge >= 0.3 is 0 Å². The molecule has 0 radical (unpaired) electrons. The SMILES string of the molecule is C=C(C)[C@H](Cc1ccc(C)cc1)NC. The zero-order valence-corrected chi connectivity index (χ0v) is 9.30. The van der Waals surface area contributed by atoms with E-state index >= 15 is 0 Å². The number of rotatable bonds is 4. The number of hydrogen-bond donors (Lipinski definition) is 1. The van der Waals surface area contributed by atoms with Crippen molar-refractivity contribution < 1.29 is 0 Å². The van der Waals surface area contributed by atoms with Crippen molar-refractivity contribution in [1.29, 1.82) is 0 Å². The van der Waals surface area contributed by atoms with Crippen molar-refractivity contribution in [2.24, 2.45) is 0 Å². The van der Waals surface area contributed by atoms with Crippen molar-refractivity contribution >= 4 is 0 Å². The van der Waals surface area contributed by atoms with Gasteiger partial charge in [0.05, 0.1) is 0 Å². The predicted octanol–water partition coefficient (Wildman–Crippen LogP) is 2.70. The van der Waals surface area contributed by atoms with Crippen LogP contribution in [0.25, 0.3) is 0 Å². The summed E-state index contributed by atoms with van der Waals surface area (Å²) in [5.41, 5.74) is 3.86. The van der Waals surface area contributed by atoms with Crippen molar-refractivity contribution in [1.82, 2.24) is 5.32 Å². The van der Waals surface area contributed by atoms with Gasteiger partial charge in [-0.15, -0.1) is 0 Å². The van der Waals surface area contributed by atoms with Gasteiger partial charge in [0.1, 0.15) is 0 Å². The van der Waals surface area contributed by atoms with Gasteiger partial charge in [-0.2, -0.15) is 0 Å². The molecule has 0 aliphatic rings. The molecule has 0 unspecified atom stereocenters. The zero-order chi connectivity index (χ0) is 10.6. The minimum absolute atomic E-state index is 0.387. The smallest absolute Gasteiger partial charge is 0.0311 e. The average molecular weight is 189 g/mol. The number of benzene rings is 1. The molecule has 0 bridgehead atoms. The quantitative estimate of drug-likeness (QED) is 0.718. The zero-order valence-electron chi connectivity index (χ0n) is 9.30. The molecule has 1 heteroatoms. The molecule has 0 heterocycles. The van der Waals surface area contributed by atoms with Crippen LogP contribution in [0, 0.1) is 6.92 Å². The largest absolute Gasteiger partial charge is 0.313 e. The van der Waals surface area contributed by atoms with Crippen molar-refractivity contribution in [2.75, 3.05) is 7.05 Å². The van der Waals surface area contributed by atoms with Gasteiger partial charge in [-0.3, -0.25) is 0 Å². The Hall–Kier alpha value is -1.08. The van der Waals surface area contributed by atoms with Crippen LogP contribution in [0.4, 0.5) is 0 Å². The van der Waals surface area contributed by atoms with Crippen molar-refractivity contribution in [2.45, 2.75) is 26.3 Å². The Morgan fingerprint density at radius 3 is 2.36 bits per heavy atom. The summed E-state index contributed by atoms with van der Waals surface area (Å²) in [7, 11) is 1.98. The normalized spacial score (nSPS) is 12.5. The molecule has 1 nitrogen and oxygen atoms in total. The van der Waals surface area contributed by atoms with E-state index in [-0.39, 0.29) is 0 Å². The Morgan fingerprint density at radius 1 is 1.36 bits per heavy atom. The predicted molar refractivity (Wildman–Crippen MR) is 62.5 cm³/mol. The van der Waals surface area contributed by atoms with Gasteiger partial charge in [0.25, 0.3) is 0 Å². The molecular weight excluding hydrogens is 170 g/mol. The molecule has 1 atom stereocenters. The molecular formula is C13H19N. The van der Waals surface area contributed by atoms with Gasteiger partial charge in [-0.1, -0.05) is 42.0 Å². The van der Waals surface area contributed by atoms with Gasteiger partial charge in [-0.25, -0.2) is 0 Å². The lowest BCUT2D eigenvalue weighted by atomic mass is 10.0. The number of likely N-dealkylation sites (N-methyl/N-ethyl adjacent to an activating group) is 1. The Bertz CT molecular complexity index is 298. The fourth-order valence-electron chi connectivity index (χ4n) is 1.48. The van der Waals surface area contributed by atoms with Crippen LogP contribution in [0.5, 0.6) is 0 Å². The molecule has 1 rings (SSSR count). The van der Waals surface area contributed by atoms with E-state index in [1.165, 1.54) is 16.7 Å². The molecule has 0 amide bonds. The van der Waals surface area contributed by atoms with Gasteiger partial charge in [0, 0.05) is 6.04 Å². The summed E-state index contributed by atoms with van der Waals surface area (Å²) in [6, 6.07) is 9.06. The summed E-state index contributed by atoms with van der Waals surface area (Å²) in [6.07, 6.45) is 1.02. The van der Waals surface area contributed by atoms with E-state index in [4.69, 9.17) is 0 Å². The lowest BCUT2D eigenvalue weighted by molar-refractivity contribution is 0.634. The lowest BCUT2D eigenvalue weighted by Gasteiger charge is -2.16. The highest BCUT2D eigenvalue weighted by atomic mass is 14.9. The summed E-state index contributed by atoms with van der Waals surface area (Å²) in [5, 5.41) is 3.27. The number of hydrogen-bond acceptors (Lipinski definition) is 1. The third-order valence-corrected chi connectivity index (χ3v) is 2.50. The maximum absolute atomic E-state index is 3.98. The fourth-order valence-corrected chi connectivity index (χ4v) is 1.48. The molecule has 1 N–H and O–H groups in total. The third-order valence-electron chi connectivity index (χ3n) is 2.50. The molecule has 0 saturated heterocycles. The second kappa shape index (κ2) is 4.97. The first-order chi connectivity index (χ1) is 6.63. The first-order valence-corrected chi connectivity index (χ1v) is 5.01. The van der Waals surface area contributed by atoms with Crippen molar-refractivity contribution in [3.63, 3.8) is 0 Å². The van der Waals surface area contributed by atoms with Crippen LogP contribution in [-0.4, -0.2) is 13.1 Å². The highest BCUT2D eigenvalue weighted by Gasteiger charge is 2.06. The Labute approximate surface area is 86.8 Å². The maximum atomic E-state index is 3.98. The monoisotopic (exact) mass is 189 g/mol. The Kier molecular flexibility index (Phi) is 3.90. The first kappa shape index (κ1) is 11.0. The van der Waals surface area contributed by atoms with E-state index in [1.807, 2.05) is 7.05 Å². The summed E-state index contributed by atoms with van der Waals surface area (Å²) in [6.45, 7) is 8.15. The van der Waals surface area contributed by atoms with E-state index in [2.05, 4.69) is 50.0 Å². The number of aryl methyl sites for hydroxylation is 1. The Morgan fingerprint density at radius 2 is 1.93 bits per heavy atom. The molecule has 0 aromatic heterocycles. The Balaban J connectivity index is 2.67. The lowest BCUT2D eigenvalue weighted by Crippen LogP contribution is -2.28. The summed E-state index contributed by atoms with van der Waals surface area (Å²) >= 11 is 0. The minimum atomic E-state index is 0.387. The van der Waals surface area contributed by atoms with Gasteiger partial charge in [0.15, 0.2) is 0 Å².